The average molecular weight is 356 g/mol. The minimum Gasteiger partial charge on any atom is -0.365 e. The Bertz CT molecular complexity index is 727. The van der Waals surface area contributed by atoms with E-state index in [1.807, 2.05) is 6.20 Å². The van der Waals surface area contributed by atoms with Crippen LogP contribution in [0.3, 0.4) is 0 Å². The molecule has 2 heterocycles. The van der Waals surface area contributed by atoms with Crippen LogP contribution in [0.1, 0.15) is 30.0 Å². The molecule has 3 rings (SSSR count). The number of ether oxygens (including phenoxy) is 1. The first kappa shape index (κ1) is 18.6. The van der Waals surface area contributed by atoms with Gasteiger partial charge in [-0.25, -0.2) is 4.98 Å². The molecule has 6 heteroatoms. The van der Waals surface area contributed by atoms with Crippen molar-refractivity contribution in [1.29, 1.82) is 0 Å². The molecular weight excluding hydrogens is 328 g/mol. The quantitative estimate of drug-likeness (QED) is 0.762. The number of hydrogen-bond donors (Lipinski definition) is 0. The molecule has 26 heavy (non-hydrogen) atoms. The van der Waals surface area contributed by atoms with E-state index in [1.165, 1.54) is 5.56 Å². The zero-order valence-corrected chi connectivity index (χ0v) is 15.9. The number of amides is 1. The van der Waals surface area contributed by atoms with E-state index in [1.54, 1.807) is 19.0 Å². The van der Waals surface area contributed by atoms with E-state index in [0.29, 0.717) is 6.61 Å². The number of benzene rings is 1. The minimum absolute atomic E-state index is 0.0242. The average Bonchev–Trinajstić information content (AvgIpc) is 3.06. The first-order chi connectivity index (χ1) is 12.6. The van der Waals surface area contributed by atoms with Crippen LogP contribution in [0.2, 0.25) is 0 Å². The van der Waals surface area contributed by atoms with Crippen LogP contribution in [0.25, 0.3) is 0 Å². The van der Waals surface area contributed by atoms with Gasteiger partial charge in [0.25, 0.3) is 0 Å². The molecule has 0 N–H and O–H groups in total. The molecule has 1 aliphatic rings. The van der Waals surface area contributed by atoms with Crippen molar-refractivity contribution in [3.63, 3.8) is 0 Å². The summed E-state index contributed by atoms with van der Waals surface area (Å²) in [5, 5.41) is 0. The van der Waals surface area contributed by atoms with Gasteiger partial charge in [0.1, 0.15) is 12.4 Å². The van der Waals surface area contributed by atoms with Gasteiger partial charge in [-0.1, -0.05) is 30.3 Å². The number of aromatic nitrogens is 2. The predicted molar refractivity (Wildman–Crippen MR) is 101 cm³/mol. The smallest absolute Gasteiger partial charge is 0.248 e. The topological polar surface area (TPSA) is 50.6 Å². The van der Waals surface area contributed by atoms with Gasteiger partial charge in [0.2, 0.25) is 5.91 Å². The molecule has 0 radical (unpaired) electrons. The first-order valence-corrected chi connectivity index (χ1v) is 9.16. The molecule has 0 aliphatic carbocycles. The van der Waals surface area contributed by atoms with Crippen LogP contribution in [0, 0.1) is 0 Å². The van der Waals surface area contributed by atoms with E-state index < -0.39 is 0 Å². The molecule has 1 aromatic carbocycles. The Morgan fingerprint density at radius 3 is 2.77 bits per heavy atom. The zero-order valence-electron chi connectivity index (χ0n) is 15.9. The first-order valence-electron chi connectivity index (χ1n) is 9.16. The summed E-state index contributed by atoms with van der Waals surface area (Å²) in [6.45, 7) is 5.68. The molecule has 0 saturated carbocycles. The zero-order chi connectivity index (χ0) is 18.5. The molecular formula is C20H28N4O2. The maximum atomic E-state index is 11.6. The SMILES string of the molecule is CC1c2ncc(COCC(=O)N(C)C)n2CCN1CCc1ccccc1. The number of carbonyl (C=O) groups is 1. The number of carbonyl (C=O) groups excluding carboxylic acids is 1. The van der Waals surface area contributed by atoms with Crippen molar-refractivity contribution in [2.45, 2.75) is 32.5 Å². The Balaban J connectivity index is 1.56. The number of imidazole rings is 1. The maximum absolute atomic E-state index is 11.6. The summed E-state index contributed by atoms with van der Waals surface area (Å²) in [4.78, 5) is 20.3. The summed E-state index contributed by atoms with van der Waals surface area (Å²) in [7, 11) is 3.47. The van der Waals surface area contributed by atoms with Crippen LogP contribution in [0.4, 0.5) is 0 Å². The molecule has 0 bridgehead atoms. The summed E-state index contributed by atoms with van der Waals surface area (Å²) >= 11 is 0. The van der Waals surface area contributed by atoms with Crippen molar-refractivity contribution in [1.82, 2.24) is 19.4 Å². The predicted octanol–water partition coefficient (Wildman–Crippen LogP) is 2.11. The highest BCUT2D eigenvalue weighted by Gasteiger charge is 2.26. The minimum atomic E-state index is -0.0242. The summed E-state index contributed by atoms with van der Waals surface area (Å²) in [6.07, 6.45) is 2.93. The van der Waals surface area contributed by atoms with Crippen LogP contribution < -0.4 is 0 Å². The van der Waals surface area contributed by atoms with Gasteiger partial charge in [-0.05, 0) is 18.9 Å². The summed E-state index contributed by atoms with van der Waals surface area (Å²) in [6, 6.07) is 10.9. The van der Waals surface area contributed by atoms with Crippen molar-refractivity contribution < 1.29 is 9.53 Å². The fourth-order valence-corrected chi connectivity index (χ4v) is 3.31. The van der Waals surface area contributed by atoms with Crippen molar-refractivity contribution in [3.05, 3.63) is 53.6 Å². The lowest BCUT2D eigenvalue weighted by Crippen LogP contribution is -2.38. The van der Waals surface area contributed by atoms with Crippen molar-refractivity contribution >= 4 is 5.91 Å². The molecule has 0 saturated heterocycles. The fourth-order valence-electron chi connectivity index (χ4n) is 3.31. The molecule has 1 aromatic heterocycles. The molecule has 1 unspecified atom stereocenters. The van der Waals surface area contributed by atoms with E-state index in [0.717, 1.165) is 37.6 Å². The Kier molecular flexibility index (Phi) is 6.06. The van der Waals surface area contributed by atoms with Gasteiger partial charge in [0, 0.05) is 33.7 Å². The lowest BCUT2D eigenvalue weighted by molar-refractivity contribution is -0.134. The molecule has 2 aromatic rings. The van der Waals surface area contributed by atoms with Crippen LogP contribution in [-0.2, 0) is 29.1 Å². The van der Waals surface area contributed by atoms with Gasteiger partial charge >= 0.3 is 0 Å². The monoisotopic (exact) mass is 356 g/mol. The Morgan fingerprint density at radius 1 is 1.27 bits per heavy atom. The van der Waals surface area contributed by atoms with Crippen molar-refractivity contribution in [2.75, 3.05) is 33.8 Å². The van der Waals surface area contributed by atoms with Crippen LogP contribution in [-0.4, -0.2) is 59.0 Å². The summed E-state index contributed by atoms with van der Waals surface area (Å²) < 4.78 is 7.81. The molecule has 0 spiro atoms. The van der Waals surface area contributed by atoms with Gasteiger partial charge in [0.15, 0.2) is 0 Å². The molecule has 0 fully saturated rings. The van der Waals surface area contributed by atoms with E-state index in [2.05, 4.69) is 51.7 Å². The highest BCUT2D eigenvalue weighted by atomic mass is 16.5. The number of rotatable bonds is 7. The standard InChI is InChI=1S/C20H28N4O2/c1-16-20-21-13-18(14-26-15-19(25)22(2)3)24(20)12-11-23(16)10-9-17-7-5-4-6-8-17/h4-8,13,16H,9-12,14-15H2,1-3H3. The normalized spacial score (nSPS) is 17.1. The van der Waals surface area contributed by atoms with Crippen LogP contribution >= 0.6 is 0 Å². The van der Waals surface area contributed by atoms with Gasteiger partial charge in [-0.2, -0.15) is 0 Å². The van der Waals surface area contributed by atoms with E-state index >= 15 is 0 Å². The Hall–Kier alpha value is -2.18. The van der Waals surface area contributed by atoms with Crippen LogP contribution in [0.5, 0.6) is 0 Å². The molecule has 6 nitrogen and oxygen atoms in total. The highest BCUT2D eigenvalue weighted by Crippen LogP contribution is 2.25. The van der Waals surface area contributed by atoms with E-state index in [9.17, 15) is 4.79 Å². The van der Waals surface area contributed by atoms with Crippen molar-refractivity contribution in [3.8, 4) is 0 Å². The Morgan fingerprint density at radius 2 is 2.04 bits per heavy atom. The largest absolute Gasteiger partial charge is 0.365 e. The second kappa shape index (κ2) is 8.47. The molecule has 1 aliphatic heterocycles. The van der Waals surface area contributed by atoms with E-state index in [-0.39, 0.29) is 18.6 Å². The number of fused-ring (bicyclic) bond motifs is 1. The summed E-state index contributed by atoms with van der Waals surface area (Å²) in [5.74, 6) is 1.06. The third-order valence-corrected chi connectivity index (χ3v) is 5.01. The third-order valence-electron chi connectivity index (χ3n) is 5.01. The fraction of sp³-hybridized carbons (Fsp3) is 0.500. The summed E-state index contributed by atoms with van der Waals surface area (Å²) in [5.41, 5.74) is 2.41. The Labute approximate surface area is 155 Å². The highest BCUT2D eigenvalue weighted by molar-refractivity contribution is 5.76. The van der Waals surface area contributed by atoms with Crippen molar-refractivity contribution in [2.24, 2.45) is 0 Å². The van der Waals surface area contributed by atoms with Gasteiger partial charge in [0.05, 0.1) is 24.5 Å². The maximum Gasteiger partial charge on any atom is 0.248 e. The third kappa shape index (κ3) is 4.31. The van der Waals surface area contributed by atoms with Gasteiger partial charge < -0.3 is 14.2 Å². The lowest BCUT2D eigenvalue weighted by atomic mass is 10.1. The van der Waals surface area contributed by atoms with Gasteiger partial charge in [-0.3, -0.25) is 9.69 Å². The number of likely N-dealkylation sites (N-methyl/N-ethyl adjacent to an activating group) is 1. The van der Waals surface area contributed by atoms with E-state index in [4.69, 9.17) is 4.74 Å². The molecule has 1 amide bonds. The lowest BCUT2D eigenvalue weighted by Gasteiger charge is -2.34. The molecule has 140 valence electrons. The second-order valence-electron chi connectivity index (χ2n) is 6.99. The van der Waals surface area contributed by atoms with Gasteiger partial charge in [-0.15, -0.1) is 0 Å². The van der Waals surface area contributed by atoms with Crippen LogP contribution in [0.15, 0.2) is 36.5 Å². The molecule has 1 atom stereocenters. The number of nitrogens with zero attached hydrogens (tertiary/aromatic N) is 4. The second-order valence-corrected chi connectivity index (χ2v) is 6.99. The number of hydrogen-bond acceptors (Lipinski definition) is 4.